The Kier molecular flexibility index (Phi) is 34.5. The number of hydrogen-bond acceptors (Lipinski definition) is 4. The van der Waals surface area contributed by atoms with E-state index in [1.54, 1.807) is 83.1 Å². The quantitative estimate of drug-likeness (QED) is 0.179. The summed E-state index contributed by atoms with van der Waals surface area (Å²) in [7, 11) is -7.21. The van der Waals surface area contributed by atoms with E-state index in [0.717, 1.165) is 0 Å². The Hall–Kier alpha value is 4.62. The molecular weight excluding hydrogens is 916 g/mol. The molecule has 0 spiro atoms. The maximum atomic E-state index is 11.7. The van der Waals surface area contributed by atoms with Gasteiger partial charge in [0.25, 0.3) is 0 Å². The Morgan fingerprint density at radius 3 is 0.429 bits per heavy atom. The van der Waals surface area contributed by atoms with E-state index in [4.69, 9.17) is 0 Å². The second kappa shape index (κ2) is 18.0. The van der Waals surface area contributed by atoms with E-state index in [-0.39, 0.29) is 139 Å². The molecule has 0 aromatic heterocycles. The van der Waals surface area contributed by atoms with Crippen molar-refractivity contribution in [1.29, 1.82) is 0 Å². The van der Waals surface area contributed by atoms with Gasteiger partial charge in [-0.3, -0.25) is 0 Å². The molecule has 12 heteroatoms. The SMILES string of the molecule is CC(C)(C)[Si]([O-])([O-])C(C)(C)C.CC(C)(C)[Si]([O-])([O-])C(C)(C)C.[I-].[I-].[I-].[I-].[Ti+4].[Ti+4]. The molecule has 0 radical (unpaired) electrons. The topological polar surface area (TPSA) is 92.2 Å². The van der Waals surface area contributed by atoms with Crippen LogP contribution in [0.4, 0.5) is 0 Å². The van der Waals surface area contributed by atoms with Crippen molar-refractivity contribution in [2.75, 3.05) is 0 Å². The third kappa shape index (κ3) is 16.3. The van der Waals surface area contributed by atoms with E-state index < -0.39 is 37.3 Å². The van der Waals surface area contributed by atoms with Gasteiger partial charge in [-0.2, -0.15) is 0 Å². The predicted molar refractivity (Wildman–Crippen MR) is 90.4 cm³/mol. The van der Waals surface area contributed by atoms with Gasteiger partial charge in [0.2, 0.25) is 0 Å². The fourth-order valence-electron chi connectivity index (χ4n) is 2.25. The first-order valence-corrected chi connectivity index (χ1v) is 11.4. The van der Waals surface area contributed by atoms with Crippen molar-refractivity contribution in [3.8, 4) is 0 Å². The summed E-state index contributed by atoms with van der Waals surface area (Å²) in [4.78, 5) is 46.9. The van der Waals surface area contributed by atoms with Gasteiger partial charge in [0, 0.05) is 0 Å². The second-order valence-corrected chi connectivity index (χ2v) is 18.7. The smallest absolute Gasteiger partial charge is 1.00 e. The van der Waals surface area contributed by atoms with Crippen LogP contribution in [-0.4, -0.2) is 17.1 Å². The molecule has 0 fully saturated rings. The largest absolute Gasteiger partial charge is 4.00 e. The van der Waals surface area contributed by atoms with Crippen molar-refractivity contribution in [3.63, 3.8) is 0 Å². The van der Waals surface area contributed by atoms with Crippen LogP contribution < -0.4 is 115 Å². The van der Waals surface area contributed by atoms with Gasteiger partial charge in [-0.15, -0.1) is 17.1 Å². The molecule has 0 bridgehead atoms. The molecule has 0 aliphatic carbocycles. The van der Waals surface area contributed by atoms with E-state index in [0.29, 0.717) is 0 Å². The molecule has 0 aromatic rings. The molecule has 0 unspecified atom stereocenters. The van der Waals surface area contributed by atoms with Crippen molar-refractivity contribution >= 4 is 17.1 Å². The number of halogens is 4. The fourth-order valence-corrected chi connectivity index (χ4v) is 6.75. The van der Waals surface area contributed by atoms with Gasteiger partial charge >= 0.3 is 43.4 Å². The monoisotopic (exact) mass is 952 g/mol. The summed E-state index contributed by atoms with van der Waals surface area (Å²) in [5.74, 6) is 0. The summed E-state index contributed by atoms with van der Waals surface area (Å²) in [6.07, 6.45) is 0. The van der Waals surface area contributed by atoms with Crippen molar-refractivity contribution in [3.05, 3.63) is 0 Å². The molecule has 0 rings (SSSR count). The summed E-state index contributed by atoms with van der Waals surface area (Å²) in [6.45, 7) is 21.1. The second-order valence-electron chi connectivity index (χ2n) is 10.2. The molecular formula is C16H36I4O4Si2Ti2. The van der Waals surface area contributed by atoms with Crippen LogP contribution in [0.15, 0.2) is 0 Å². The zero-order valence-electron chi connectivity index (χ0n) is 19.1. The first kappa shape index (κ1) is 53.8. The Bertz CT molecular complexity index is 309. The molecule has 0 atom stereocenters. The maximum Gasteiger partial charge on any atom is 4.00 e. The van der Waals surface area contributed by atoms with Crippen LogP contribution in [0.5, 0.6) is 0 Å². The van der Waals surface area contributed by atoms with E-state index in [9.17, 15) is 19.2 Å². The Balaban J connectivity index is -0.0000000392. The van der Waals surface area contributed by atoms with E-state index in [1.165, 1.54) is 0 Å². The number of rotatable bonds is 0. The van der Waals surface area contributed by atoms with Gasteiger partial charge in [-0.1, -0.05) is 103 Å². The van der Waals surface area contributed by atoms with Crippen LogP contribution in [0.1, 0.15) is 83.1 Å². The third-order valence-electron chi connectivity index (χ3n) is 3.95. The van der Waals surface area contributed by atoms with Gasteiger partial charge in [-0.25, -0.2) is 0 Å². The molecule has 4 nitrogen and oxygen atoms in total. The van der Waals surface area contributed by atoms with Gasteiger partial charge in [0.15, 0.2) is 0 Å². The van der Waals surface area contributed by atoms with Crippen molar-refractivity contribution in [1.82, 2.24) is 0 Å². The van der Waals surface area contributed by atoms with E-state index in [1.807, 2.05) is 0 Å². The average Bonchev–Trinajstić information content (AvgIpc) is 2.10. The third-order valence-corrected chi connectivity index (χ3v) is 11.8. The molecule has 0 aromatic carbocycles. The minimum Gasteiger partial charge on any atom is -1.00 e. The van der Waals surface area contributed by atoms with Gasteiger partial charge < -0.3 is 115 Å². The molecule has 0 aliphatic rings. The summed E-state index contributed by atoms with van der Waals surface area (Å²) in [5.41, 5.74) is 0. The van der Waals surface area contributed by atoms with Crippen LogP contribution >= 0.6 is 0 Å². The van der Waals surface area contributed by atoms with Gasteiger partial charge in [0.05, 0.1) is 0 Å². The van der Waals surface area contributed by atoms with E-state index in [2.05, 4.69) is 0 Å². The van der Waals surface area contributed by atoms with Crippen LogP contribution in [0.25, 0.3) is 0 Å². The summed E-state index contributed by atoms with van der Waals surface area (Å²) >= 11 is 0. The maximum absolute atomic E-state index is 11.7. The predicted octanol–water partition coefficient (Wildman–Crippen LogP) is -10.5. The van der Waals surface area contributed by atoms with Crippen molar-refractivity contribution in [2.45, 2.75) is 103 Å². The first-order valence-electron chi connectivity index (χ1n) is 7.82. The Morgan fingerprint density at radius 2 is 0.429 bits per heavy atom. The van der Waals surface area contributed by atoms with Crippen LogP contribution in [0, 0.1) is 0 Å². The minimum atomic E-state index is -3.61. The van der Waals surface area contributed by atoms with E-state index >= 15 is 0 Å². The summed E-state index contributed by atoms with van der Waals surface area (Å²) in [5, 5.41) is -2.37. The first-order chi connectivity index (χ1) is 9.00. The van der Waals surface area contributed by atoms with Crippen LogP contribution in [-0.2, 0) is 43.4 Å². The van der Waals surface area contributed by atoms with Crippen molar-refractivity contribution < 1.29 is 159 Å². The van der Waals surface area contributed by atoms with Crippen molar-refractivity contribution in [2.24, 2.45) is 0 Å². The number of hydrogen-bond donors (Lipinski definition) is 0. The molecule has 28 heavy (non-hydrogen) atoms. The molecule has 0 aliphatic heterocycles. The Morgan fingerprint density at radius 1 is 0.357 bits per heavy atom. The molecule has 0 amide bonds. The molecule has 0 N–H and O–H groups in total. The standard InChI is InChI=1S/2C8H18O2Si.4HI.2Ti/c2*1-7(2,3)11(9,10)8(4,5)6;;;;;;/h2*1-6H3;4*1H;;/q2*-2;;;;;2*+4/p-4. The average molecular weight is 952 g/mol. The molecule has 0 saturated carbocycles. The molecule has 168 valence electrons. The zero-order chi connectivity index (χ0) is 19.0. The van der Waals surface area contributed by atoms with Gasteiger partial charge in [0.1, 0.15) is 0 Å². The normalized spacial score (nSPS) is 12.0. The summed E-state index contributed by atoms with van der Waals surface area (Å²) in [6, 6.07) is 0. The van der Waals surface area contributed by atoms with Crippen LogP contribution in [0.2, 0.25) is 20.2 Å². The Labute approximate surface area is 274 Å². The van der Waals surface area contributed by atoms with Crippen LogP contribution in [0.3, 0.4) is 0 Å². The molecule has 0 saturated heterocycles. The fraction of sp³-hybridized carbons (Fsp3) is 1.00. The zero-order valence-corrected chi connectivity index (χ0v) is 32.9. The summed E-state index contributed by atoms with van der Waals surface area (Å²) < 4.78 is 0. The van der Waals surface area contributed by atoms with Gasteiger partial charge in [-0.05, 0) is 0 Å². The molecule has 0 heterocycles. The minimum absolute atomic E-state index is 0.